The molecule has 21 heavy (non-hydrogen) atoms. The zero-order valence-electron chi connectivity index (χ0n) is 13.6. The van der Waals surface area contributed by atoms with Crippen molar-refractivity contribution in [2.24, 2.45) is 10.4 Å². The molecule has 2 rings (SSSR count). The van der Waals surface area contributed by atoms with Crippen molar-refractivity contribution < 1.29 is 4.79 Å². The Bertz CT molecular complexity index is 397. The Balaban J connectivity index is 0.00000220. The lowest BCUT2D eigenvalue weighted by atomic mass is 10.2. The third-order valence-electron chi connectivity index (χ3n) is 4.32. The zero-order chi connectivity index (χ0) is 14.8. The lowest BCUT2D eigenvalue weighted by molar-refractivity contribution is -0.129. The van der Waals surface area contributed by atoms with E-state index < -0.39 is 0 Å². The molecule has 0 spiro atoms. The number of aliphatic imine (C=N–C) groups is 1. The fraction of sp³-hybridized carbons (Fsp3) is 0.867. The first kappa shape index (κ1) is 18.5. The number of nitrogens with zero attached hydrogens (tertiary/aromatic N) is 2. The summed E-state index contributed by atoms with van der Waals surface area (Å²) in [6, 6.07) is 0.847. The van der Waals surface area contributed by atoms with Crippen molar-refractivity contribution >= 4 is 35.8 Å². The van der Waals surface area contributed by atoms with E-state index in [1.54, 1.807) is 0 Å². The predicted molar refractivity (Wildman–Crippen MR) is 97.1 cm³/mol. The molecular weight excluding hydrogens is 379 g/mol. The van der Waals surface area contributed by atoms with Crippen molar-refractivity contribution in [3.63, 3.8) is 0 Å². The van der Waals surface area contributed by atoms with Crippen LogP contribution >= 0.6 is 24.0 Å². The molecule has 6 heteroatoms. The summed E-state index contributed by atoms with van der Waals surface area (Å²) in [5.41, 5.74) is 0.385. The monoisotopic (exact) mass is 408 g/mol. The molecule has 0 radical (unpaired) electrons. The minimum absolute atomic E-state index is 0. The lowest BCUT2D eigenvalue weighted by Crippen LogP contribution is -2.46. The van der Waals surface area contributed by atoms with E-state index in [2.05, 4.69) is 29.5 Å². The number of hydrogen-bond acceptors (Lipinski definition) is 2. The van der Waals surface area contributed by atoms with Gasteiger partial charge in [0.05, 0.1) is 0 Å². The molecule has 122 valence electrons. The van der Waals surface area contributed by atoms with Gasteiger partial charge in [-0.2, -0.15) is 0 Å². The zero-order valence-corrected chi connectivity index (χ0v) is 15.9. The topological polar surface area (TPSA) is 56.7 Å². The largest absolute Gasteiger partial charge is 0.353 e. The maximum Gasteiger partial charge on any atom is 0.222 e. The first-order valence-electron chi connectivity index (χ1n) is 7.81. The number of carbonyl (C=O) groups excluding carboxylic acids is 1. The number of amides is 1. The number of guanidine groups is 1. The van der Waals surface area contributed by atoms with Crippen LogP contribution < -0.4 is 10.6 Å². The number of rotatable bonds is 4. The third kappa shape index (κ3) is 5.00. The normalized spacial score (nSPS) is 27.0. The molecule has 2 atom stereocenters. The molecule has 0 aromatic carbocycles. The number of halogens is 1. The van der Waals surface area contributed by atoms with E-state index in [4.69, 9.17) is 0 Å². The standard InChI is InChI=1S/C15H28N4O.HI/c1-5-13(20)19-8-7-11(10-19)17-14(16-6-2)18-12-9-15(12,3)4;/h11-12H,5-10H2,1-4H3,(H2,16,17,18);1H. The Kier molecular flexibility index (Phi) is 6.74. The first-order chi connectivity index (χ1) is 9.46. The maximum atomic E-state index is 11.7. The van der Waals surface area contributed by atoms with Gasteiger partial charge in [-0.25, -0.2) is 0 Å². The van der Waals surface area contributed by atoms with Crippen molar-refractivity contribution in [2.75, 3.05) is 19.6 Å². The van der Waals surface area contributed by atoms with E-state index in [1.807, 2.05) is 18.7 Å². The van der Waals surface area contributed by atoms with Crippen molar-refractivity contribution in [2.45, 2.75) is 59.0 Å². The Morgan fingerprint density at radius 2 is 2.00 bits per heavy atom. The molecule has 2 N–H and O–H groups in total. The van der Waals surface area contributed by atoms with E-state index in [0.717, 1.165) is 32.0 Å². The van der Waals surface area contributed by atoms with Crippen molar-refractivity contribution in [3.05, 3.63) is 0 Å². The maximum absolute atomic E-state index is 11.7. The number of hydrogen-bond donors (Lipinski definition) is 2. The fourth-order valence-corrected chi connectivity index (χ4v) is 2.69. The lowest BCUT2D eigenvalue weighted by Gasteiger charge is -2.19. The molecule has 1 saturated carbocycles. The quantitative estimate of drug-likeness (QED) is 0.425. The van der Waals surface area contributed by atoms with E-state index in [0.29, 0.717) is 23.9 Å². The van der Waals surface area contributed by atoms with Crippen molar-refractivity contribution in [3.8, 4) is 0 Å². The van der Waals surface area contributed by atoms with Gasteiger partial charge in [0.15, 0.2) is 5.96 Å². The summed E-state index contributed by atoms with van der Waals surface area (Å²) >= 11 is 0. The predicted octanol–water partition coefficient (Wildman–Crippen LogP) is 1.97. The second-order valence-electron chi connectivity index (χ2n) is 6.54. The molecule has 1 aliphatic carbocycles. The molecule has 1 aliphatic heterocycles. The molecule has 2 aliphatic rings. The third-order valence-corrected chi connectivity index (χ3v) is 4.32. The highest BCUT2D eigenvalue weighted by Gasteiger charge is 2.46. The Morgan fingerprint density at radius 3 is 2.52 bits per heavy atom. The Labute approximate surface area is 145 Å². The SMILES string of the molecule is CCN=C(NC1CCN(C(=O)CC)C1)NC1CC1(C)C.I. The second kappa shape index (κ2) is 7.65. The van der Waals surface area contributed by atoms with Gasteiger partial charge in [0.1, 0.15) is 0 Å². The molecule has 1 heterocycles. The van der Waals surface area contributed by atoms with Crippen LogP contribution in [0.4, 0.5) is 0 Å². The van der Waals surface area contributed by atoms with Crippen LogP contribution in [-0.4, -0.2) is 48.5 Å². The summed E-state index contributed by atoms with van der Waals surface area (Å²) in [6.07, 6.45) is 2.80. The van der Waals surface area contributed by atoms with Gasteiger partial charge in [0, 0.05) is 38.1 Å². The molecule has 5 nitrogen and oxygen atoms in total. The van der Waals surface area contributed by atoms with Crippen molar-refractivity contribution in [1.82, 2.24) is 15.5 Å². The second-order valence-corrected chi connectivity index (χ2v) is 6.54. The van der Waals surface area contributed by atoms with Crippen LogP contribution in [0.2, 0.25) is 0 Å². The summed E-state index contributed by atoms with van der Waals surface area (Å²) in [5, 5.41) is 6.98. The van der Waals surface area contributed by atoms with Gasteiger partial charge in [0.2, 0.25) is 5.91 Å². The molecular formula is C15H29IN4O. The van der Waals surface area contributed by atoms with E-state index >= 15 is 0 Å². The molecule has 2 unspecified atom stereocenters. The van der Waals surface area contributed by atoms with E-state index in [1.165, 1.54) is 6.42 Å². The summed E-state index contributed by atoms with van der Waals surface area (Å²) in [4.78, 5) is 18.2. The molecule has 0 bridgehead atoms. The van der Waals surface area contributed by atoms with Crippen LogP contribution in [0.25, 0.3) is 0 Å². The van der Waals surface area contributed by atoms with E-state index in [9.17, 15) is 4.79 Å². The van der Waals surface area contributed by atoms with Crippen LogP contribution in [0.3, 0.4) is 0 Å². The number of likely N-dealkylation sites (tertiary alicyclic amines) is 1. The average Bonchev–Trinajstić information content (AvgIpc) is 2.80. The Morgan fingerprint density at radius 1 is 1.33 bits per heavy atom. The minimum atomic E-state index is 0. The van der Waals surface area contributed by atoms with Gasteiger partial charge in [0.25, 0.3) is 0 Å². The first-order valence-corrected chi connectivity index (χ1v) is 7.81. The summed E-state index contributed by atoms with van der Waals surface area (Å²) in [6.45, 7) is 10.9. The van der Waals surface area contributed by atoms with Crippen molar-refractivity contribution in [1.29, 1.82) is 0 Å². The summed E-state index contributed by atoms with van der Waals surface area (Å²) in [7, 11) is 0. The minimum Gasteiger partial charge on any atom is -0.353 e. The van der Waals surface area contributed by atoms with E-state index in [-0.39, 0.29) is 29.9 Å². The molecule has 0 aromatic rings. The van der Waals surface area contributed by atoms with Crippen LogP contribution in [0.5, 0.6) is 0 Å². The number of carbonyl (C=O) groups is 1. The molecule has 1 amide bonds. The molecule has 2 fully saturated rings. The van der Waals surface area contributed by atoms with Crippen LogP contribution in [0.15, 0.2) is 4.99 Å². The van der Waals surface area contributed by atoms with Crippen LogP contribution in [0, 0.1) is 5.41 Å². The van der Waals surface area contributed by atoms with Gasteiger partial charge >= 0.3 is 0 Å². The van der Waals surface area contributed by atoms with Crippen LogP contribution in [0.1, 0.15) is 47.0 Å². The smallest absolute Gasteiger partial charge is 0.222 e. The van der Waals surface area contributed by atoms with Gasteiger partial charge in [-0.05, 0) is 25.2 Å². The fourth-order valence-electron chi connectivity index (χ4n) is 2.69. The van der Waals surface area contributed by atoms with Gasteiger partial charge in [-0.15, -0.1) is 24.0 Å². The average molecular weight is 408 g/mol. The highest BCUT2D eigenvalue weighted by molar-refractivity contribution is 14.0. The molecule has 0 aromatic heterocycles. The highest BCUT2D eigenvalue weighted by atomic mass is 127. The summed E-state index contributed by atoms with van der Waals surface area (Å²) in [5.74, 6) is 1.15. The number of nitrogens with one attached hydrogen (secondary N) is 2. The summed E-state index contributed by atoms with van der Waals surface area (Å²) < 4.78 is 0. The highest BCUT2D eigenvalue weighted by Crippen LogP contribution is 2.44. The van der Waals surface area contributed by atoms with Gasteiger partial charge in [-0.3, -0.25) is 9.79 Å². The van der Waals surface area contributed by atoms with Gasteiger partial charge in [-0.1, -0.05) is 20.8 Å². The van der Waals surface area contributed by atoms with Crippen LogP contribution in [-0.2, 0) is 4.79 Å². The van der Waals surface area contributed by atoms with Gasteiger partial charge < -0.3 is 15.5 Å². The Hall–Kier alpha value is -0.530. The molecule has 1 saturated heterocycles.